The third kappa shape index (κ3) is 12.8. The van der Waals surface area contributed by atoms with Crippen molar-refractivity contribution in [1.82, 2.24) is 0 Å². The zero-order valence-corrected chi connectivity index (χ0v) is 25.2. The Morgan fingerprint density at radius 2 is 1.32 bits per heavy atom. The van der Waals surface area contributed by atoms with Gasteiger partial charge in [-0.15, -0.1) is 0 Å². The molecule has 0 aliphatic carbocycles. The van der Waals surface area contributed by atoms with Gasteiger partial charge in [0.25, 0.3) is 0 Å². The summed E-state index contributed by atoms with van der Waals surface area (Å²) < 4.78 is 0. The Bertz CT molecular complexity index is 728. The molecule has 0 saturated carbocycles. The Morgan fingerprint density at radius 1 is 0.893 bits per heavy atom. The molecule has 0 atom stereocenters. The van der Waals surface area contributed by atoms with Crippen molar-refractivity contribution in [3.8, 4) is 0 Å². The minimum absolute atomic E-state index is 0.278. The molecule has 0 amide bonds. The second-order valence-electron chi connectivity index (χ2n) is 6.43. The van der Waals surface area contributed by atoms with Gasteiger partial charge in [-0.1, -0.05) is 61.2 Å². The minimum atomic E-state index is -0.278. The van der Waals surface area contributed by atoms with E-state index in [1.165, 1.54) is 22.5 Å². The molecule has 2 rings (SSSR count). The molecule has 0 aliphatic heterocycles. The van der Waals surface area contributed by atoms with E-state index in [0.29, 0.717) is 0 Å². The fraction of sp³-hybridized carbons (Fsp3) is 0.273. The topological polar surface area (TPSA) is 6.48 Å². The molecule has 0 spiro atoms. The van der Waals surface area contributed by atoms with Crippen LogP contribution in [0.5, 0.6) is 0 Å². The maximum absolute atomic E-state index is 3.93. The first kappa shape index (κ1) is 28.3. The van der Waals surface area contributed by atoms with Crippen molar-refractivity contribution in [2.24, 2.45) is 0 Å². The molecule has 6 heteroatoms. The SMILES string of the molecule is C=CC(=C)Cc1ccccc1N(C)C.Cc1ccccc1N(C)C.[I][V]([I])[I]. The monoisotopic (exact) mass is 754 g/mol. The summed E-state index contributed by atoms with van der Waals surface area (Å²) in [6, 6.07) is 16.7. The van der Waals surface area contributed by atoms with Crippen LogP contribution in [-0.2, 0) is 11.3 Å². The number of benzene rings is 2. The average Bonchev–Trinajstić information content (AvgIpc) is 2.62. The van der Waals surface area contributed by atoms with Crippen molar-refractivity contribution in [1.29, 1.82) is 0 Å². The van der Waals surface area contributed by atoms with E-state index in [2.05, 4.69) is 167 Å². The van der Waals surface area contributed by atoms with Crippen molar-refractivity contribution in [2.45, 2.75) is 13.3 Å². The van der Waals surface area contributed by atoms with Gasteiger partial charge < -0.3 is 9.80 Å². The Balaban J connectivity index is 0.000000454. The van der Waals surface area contributed by atoms with Crippen LogP contribution in [0.3, 0.4) is 0 Å². The van der Waals surface area contributed by atoms with Crippen molar-refractivity contribution in [3.05, 3.63) is 84.5 Å². The molecule has 0 radical (unpaired) electrons. The third-order valence-corrected chi connectivity index (χ3v) is 3.78. The summed E-state index contributed by atoms with van der Waals surface area (Å²) in [5.74, 6) is 0. The van der Waals surface area contributed by atoms with Gasteiger partial charge in [-0.25, -0.2) is 0 Å². The quantitative estimate of drug-likeness (QED) is 0.228. The van der Waals surface area contributed by atoms with Gasteiger partial charge in [0.15, 0.2) is 0 Å². The standard InChI is InChI=1S/C13H17N.C9H13N.3HI.V/c1-5-11(2)10-12-8-6-7-9-13(12)14(3)4;1-8-6-4-5-7-9(8)10(2)3;;;;/h5-9H,1-2,10H2,3-4H3;4-7H,1-3H3;3*1H;/q;;;;;+3/p-3. The van der Waals surface area contributed by atoms with E-state index in [4.69, 9.17) is 0 Å². The molecular weight excluding hydrogens is 724 g/mol. The molecule has 2 aromatic carbocycles. The van der Waals surface area contributed by atoms with Crippen LogP contribution in [0.2, 0.25) is 0 Å². The Kier molecular flexibility index (Phi) is 16.2. The number of anilines is 2. The van der Waals surface area contributed by atoms with E-state index in [0.717, 1.165) is 12.0 Å². The number of nitrogens with zero attached hydrogens (tertiary/aromatic N) is 2. The second-order valence-corrected chi connectivity index (χ2v) is 41.8. The maximum atomic E-state index is 3.93. The summed E-state index contributed by atoms with van der Waals surface area (Å²) in [5.41, 5.74) is 6.22. The van der Waals surface area contributed by atoms with Gasteiger partial charge in [0, 0.05) is 39.6 Å². The third-order valence-electron chi connectivity index (χ3n) is 3.78. The predicted octanol–water partition coefficient (Wildman–Crippen LogP) is 7.75. The molecule has 2 nitrogen and oxygen atoms in total. The molecule has 0 N–H and O–H groups in total. The molecule has 0 aromatic heterocycles. The number of allylic oxidation sites excluding steroid dienone is 2. The summed E-state index contributed by atoms with van der Waals surface area (Å²) in [5, 5.41) is 0. The number of hydrogen-bond acceptors (Lipinski definition) is 2. The van der Waals surface area contributed by atoms with Gasteiger partial charge >= 0.3 is 64.9 Å². The summed E-state index contributed by atoms with van der Waals surface area (Å²) in [6.07, 6.45) is 2.68. The van der Waals surface area contributed by atoms with Gasteiger partial charge in [0.05, 0.1) is 0 Å². The van der Waals surface area contributed by atoms with E-state index in [-0.39, 0.29) is 4.92 Å². The van der Waals surface area contributed by atoms with Crippen molar-refractivity contribution < 1.29 is 4.92 Å². The zero-order chi connectivity index (χ0) is 21.7. The number of para-hydroxylation sites is 2. The van der Waals surface area contributed by atoms with Crippen LogP contribution in [0.15, 0.2) is 73.3 Å². The van der Waals surface area contributed by atoms with Gasteiger partial charge in [0.1, 0.15) is 0 Å². The first-order valence-corrected chi connectivity index (χ1v) is 22.2. The number of aryl methyl sites for hydroxylation is 1. The molecule has 0 unspecified atom stereocenters. The van der Waals surface area contributed by atoms with Crippen molar-refractivity contribution in [2.75, 3.05) is 38.0 Å². The van der Waals surface area contributed by atoms with E-state index < -0.39 is 0 Å². The molecule has 154 valence electrons. The average molecular weight is 754 g/mol. The normalized spacial score (nSPS) is 9.46. The number of hydrogen-bond donors (Lipinski definition) is 0. The molecule has 0 aliphatic rings. The molecule has 28 heavy (non-hydrogen) atoms. The molecule has 0 bridgehead atoms. The Labute approximate surface area is 209 Å². The van der Waals surface area contributed by atoms with Gasteiger partial charge in [-0.05, 0) is 36.6 Å². The van der Waals surface area contributed by atoms with Crippen LogP contribution < -0.4 is 9.80 Å². The predicted molar refractivity (Wildman–Crippen MR) is 151 cm³/mol. The van der Waals surface area contributed by atoms with Crippen LogP contribution in [0.25, 0.3) is 0 Å². The second kappa shape index (κ2) is 16.0. The summed E-state index contributed by atoms with van der Waals surface area (Å²) in [4.78, 5) is 3.96. The Morgan fingerprint density at radius 3 is 1.71 bits per heavy atom. The number of rotatable bonds is 5. The molecule has 0 saturated heterocycles. The first-order valence-electron chi connectivity index (χ1n) is 8.66. The van der Waals surface area contributed by atoms with Gasteiger partial charge in [0.2, 0.25) is 0 Å². The van der Waals surface area contributed by atoms with Crippen LogP contribution in [-0.4, -0.2) is 28.2 Å². The molecule has 0 heterocycles. The van der Waals surface area contributed by atoms with Crippen molar-refractivity contribution >= 4 is 71.3 Å². The van der Waals surface area contributed by atoms with Gasteiger partial charge in [-0.2, -0.15) is 0 Å². The summed E-state index contributed by atoms with van der Waals surface area (Å²) in [6.45, 7) is 9.77. The zero-order valence-electron chi connectivity index (χ0n) is 17.3. The van der Waals surface area contributed by atoms with Crippen LogP contribution in [0.1, 0.15) is 11.1 Å². The molecule has 2 aromatic rings. The van der Waals surface area contributed by atoms with E-state index in [1.807, 2.05) is 6.08 Å². The van der Waals surface area contributed by atoms with E-state index >= 15 is 0 Å². The van der Waals surface area contributed by atoms with E-state index in [1.54, 1.807) is 0 Å². The van der Waals surface area contributed by atoms with Crippen LogP contribution in [0, 0.1) is 6.92 Å². The Hall–Kier alpha value is 0.294. The van der Waals surface area contributed by atoms with Crippen molar-refractivity contribution in [3.63, 3.8) is 0 Å². The molecular formula is C22H30I3N2V. The fourth-order valence-corrected chi connectivity index (χ4v) is 2.48. The number of halogens is 3. The van der Waals surface area contributed by atoms with Crippen LogP contribution >= 0.6 is 59.9 Å². The van der Waals surface area contributed by atoms with Crippen LogP contribution in [0.4, 0.5) is 11.4 Å². The summed E-state index contributed by atoms with van der Waals surface area (Å²) >= 11 is 7.39. The summed E-state index contributed by atoms with van der Waals surface area (Å²) in [7, 11) is 8.22. The van der Waals surface area contributed by atoms with Gasteiger partial charge in [-0.3, -0.25) is 0 Å². The van der Waals surface area contributed by atoms with E-state index in [9.17, 15) is 0 Å². The fourth-order valence-electron chi connectivity index (χ4n) is 2.48. The first-order chi connectivity index (χ1) is 13.1. The molecule has 0 fully saturated rings.